The van der Waals surface area contributed by atoms with Crippen LogP contribution in [0, 0.1) is 0 Å². The Bertz CT molecular complexity index is 557. The van der Waals surface area contributed by atoms with Crippen LogP contribution < -0.4 is 11.1 Å². The molecule has 0 aliphatic heterocycles. The minimum Gasteiger partial charge on any atom is -0.384 e. The average molecular weight is 335 g/mol. The number of carbonyl (C=O) groups excluding carboxylic acids is 1. The summed E-state index contributed by atoms with van der Waals surface area (Å²) in [7, 11) is 0. The van der Waals surface area contributed by atoms with E-state index >= 15 is 0 Å². The first-order valence-electron chi connectivity index (χ1n) is 5.54. The first-order chi connectivity index (χ1) is 8.56. The molecule has 1 amide bonds. The van der Waals surface area contributed by atoms with Gasteiger partial charge in [-0.15, -0.1) is 36.2 Å². The zero-order chi connectivity index (χ0) is 13.1. The lowest BCUT2D eigenvalue weighted by molar-refractivity contribution is 0.102. The van der Waals surface area contributed by atoms with Gasteiger partial charge in [0.15, 0.2) is 0 Å². The summed E-state index contributed by atoms with van der Waals surface area (Å²) in [5, 5.41) is 5.44. The highest BCUT2D eigenvalue weighted by Gasteiger charge is 2.12. The Balaban J connectivity index is 0.00000180. The number of rotatable bonds is 3. The Morgan fingerprint density at radius 3 is 2.55 bits per heavy atom. The van der Waals surface area contributed by atoms with Gasteiger partial charge in [-0.05, 0) is 12.1 Å². The molecule has 0 aromatic carbocycles. The monoisotopic (exact) mass is 334 g/mol. The summed E-state index contributed by atoms with van der Waals surface area (Å²) in [6.45, 7) is 4.09. The maximum Gasteiger partial charge on any atom is 0.275 e. The number of nitrogen functional groups attached to an aromatic ring is 1. The molecular formula is C12H16Cl2N4OS. The molecule has 0 aliphatic carbocycles. The van der Waals surface area contributed by atoms with Gasteiger partial charge in [0, 0.05) is 11.3 Å². The Labute approximate surface area is 133 Å². The first kappa shape index (κ1) is 18.6. The third-order valence-corrected chi connectivity index (χ3v) is 3.44. The number of anilines is 2. The summed E-state index contributed by atoms with van der Waals surface area (Å²) in [6, 6.07) is 3.34. The van der Waals surface area contributed by atoms with E-state index in [1.807, 2.05) is 13.8 Å². The van der Waals surface area contributed by atoms with Crippen molar-refractivity contribution in [1.82, 2.24) is 9.97 Å². The lowest BCUT2D eigenvalue weighted by Crippen LogP contribution is -2.12. The number of pyridine rings is 1. The van der Waals surface area contributed by atoms with Crippen molar-refractivity contribution in [3.8, 4) is 0 Å². The highest BCUT2D eigenvalue weighted by molar-refractivity contribution is 7.09. The molecule has 0 saturated heterocycles. The molecule has 0 spiro atoms. The Kier molecular flexibility index (Phi) is 7.49. The summed E-state index contributed by atoms with van der Waals surface area (Å²) in [5.74, 6) is 0.517. The molecule has 2 rings (SSSR count). The molecule has 8 heteroatoms. The molecule has 20 heavy (non-hydrogen) atoms. The van der Waals surface area contributed by atoms with E-state index in [2.05, 4.69) is 15.3 Å². The molecule has 2 aromatic heterocycles. The molecule has 5 nitrogen and oxygen atoms in total. The standard InChI is InChI=1S/C12H14N4OS.2ClH/c1-7(2)12-16-9(6-18-12)11(17)15-8-3-4-10(13)14-5-8;;/h3-7H,1-2H3,(H2,13,14)(H,15,17);2*1H. The van der Waals surface area contributed by atoms with Gasteiger partial charge < -0.3 is 11.1 Å². The molecule has 110 valence electrons. The van der Waals surface area contributed by atoms with Crippen LogP contribution in [-0.4, -0.2) is 15.9 Å². The SMILES string of the molecule is CC(C)c1nc(C(=O)Nc2ccc(N)nc2)cs1.Cl.Cl. The van der Waals surface area contributed by atoms with Crippen LogP contribution in [0.2, 0.25) is 0 Å². The molecule has 0 unspecified atom stereocenters. The predicted octanol–water partition coefficient (Wildman–Crippen LogP) is 3.34. The van der Waals surface area contributed by atoms with E-state index in [1.165, 1.54) is 17.5 Å². The number of amides is 1. The molecule has 2 heterocycles. The van der Waals surface area contributed by atoms with Crippen LogP contribution >= 0.6 is 36.2 Å². The fourth-order valence-corrected chi connectivity index (χ4v) is 2.15. The Hall–Kier alpha value is -1.37. The number of halogens is 2. The Morgan fingerprint density at radius 2 is 2.05 bits per heavy atom. The molecule has 0 fully saturated rings. The van der Waals surface area contributed by atoms with Crippen LogP contribution in [0.15, 0.2) is 23.7 Å². The van der Waals surface area contributed by atoms with Gasteiger partial charge in [-0.2, -0.15) is 0 Å². The third kappa shape index (κ3) is 4.63. The normalized spacial score (nSPS) is 9.55. The summed E-state index contributed by atoms with van der Waals surface area (Å²) in [4.78, 5) is 20.1. The van der Waals surface area contributed by atoms with Crippen molar-refractivity contribution in [2.45, 2.75) is 19.8 Å². The van der Waals surface area contributed by atoms with E-state index < -0.39 is 0 Å². The van der Waals surface area contributed by atoms with Crippen LogP contribution in [0.5, 0.6) is 0 Å². The van der Waals surface area contributed by atoms with Gasteiger partial charge in [-0.3, -0.25) is 4.79 Å². The van der Waals surface area contributed by atoms with Crippen molar-refractivity contribution in [2.75, 3.05) is 11.1 Å². The lowest BCUT2D eigenvalue weighted by Gasteiger charge is -2.02. The zero-order valence-electron chi connectivity index (χ0n) is 11.0. The van der Waals surface area contributed by atoms with Crippen LogP contribution in [-0.2, 0) is 0 Å². The van der Waals surface area contributed by atoms with Gasteiger partial charge in [0.1, 0.15) is 11.5 Å². The van der Waals surface area contributed by atoms with Crippen molar-refractivity contribution in [2.24, 2.45) is 0 Å². The number of thiazole rings is 1. The quantitative estimate of drug-likeness (QED) is 0.901. The maximum absolute atomic E-state index is 11.9. The second kappa shape index (κ2) is 8.04. The maximum atomic E-state index is 11.9. The molecule has 0 bridgehead atoms. The number of aromatic nitrogens is 2. The molecule has 3 N–H and O–H groups in total. The van der Waals surface area contributed by atoms with Crippen LogP contribution in [0.25, 0.3) is 0 Å². The van der Waals surface area contributed by atoms with Crippen molar-refractivity contribution in [1.29, 1.82) is 0 Å². The summed E-state index contributed by atoms with van der Waals surface area (Å²) in [6.07, 6.45) is 1.52. The van der Waals surface area contributed by atoms with E-state index in [0.717, 1.165) is 5.01 Å². The topological polar surface area (TPSA) is 80.9 Å². The molecule has 0 atom stereocenters. The Morgan fingerprint density at radius 1 is 1.35 bits per heavy atom. The second-order valence-electron chi connectivity index (χ2n) is 4.15. The molecule has 2 aromatic rings. The zero-order valence-corrected chi connectivity index (χ0v) is 13.4. The number of nitrogens with two attached hydrogens (primary N) is 1. The molecular weight excluding hydrogens is 319 g/mol. The lowest BCUT2D eigenvalue weighted by atomic mass is 10.2. The molecule has 0 saturated carbocycles. The fourth-order valence-electron chi connectivity index (χ4n) is 1.33. The highest BCUT2D eigenvalue weighted by atomic mass is 35.5. The molecule has 0 aliphatic rings. The van der Waals surface area contributed by atoms with Gasteiger partial charge in [0.25, 0.3) is 5.91 Å². The average Bonchev–Trinajstić information content (AvgIpc) is 2.81. The van der Waals surface area contributed by atoms with E-state index in [-0.39, 0.29) is 30.7 Å². The second-order valence-corrected chi connectivity index (χ2v) is 5.04. The smallest absolute Gasteiger partial charge is 0.275 e. The van der Waals surface area contributed by atoms with Crippen LogP contribution in [0.1, 0.15) is 35.3 Å². The van der Waals surface area contributed by atoms with Crippen molar-refractivity contribution in [3.05, 3.63) is 34.4 Å². The fraction of sp³-hybridized carbons (Fsp3) is 0.250. The van der Waals surface area contributed by atoms with Gasteiger partial charge >= 0.3 is 0 Å². The summed E-state index contributed by atoms with van der Waals surface area (Å²) >= 11 is 1.49. The van der Waals surface area contributed by atoms with E-state index in [1.54, 1.807) is 17.5 Å². The van der Waals surface area contributed by atoms with E-state index in [0.29, 0.717) is 23.1 Å². The summed E-state index contributed by atoms with van der Waals surface area (Å²) < 4.78 is 0. The van der Waals surface area contributed by atoms with Crippen LogP contribution in [0.3, 0.4) is 0 Å². The largest absolute Gasteiger partial charge is 0.384 e. The minimum atomic E-state index is -0.232. The van der Waals surface area contributed by atoms with E-state index in [9.17, 15) is 4.79 Å². The van der Waals surface area contributed by atoms with Gasteiger partial charge in [-0.25, -0.2) is 9.97 Å². The third-order valence-electron chi connectivity index (χ3n) is 2.29. The van der Waals surface area contributed by atoms with Crippen LogP contribution in [0.4, 0.5) is 11.5 Å². The number of nitrogens with zero attached hydrogens (tertiary/aromatic N) is 2. The molecule has 0 radical (unpaired) electrons. The minimum absolute atomic E-state index is 0. The number of nitrogens with one attached hydrogen (secondary N) is 1. The number of carbonyl (C=O) groups is 1. The summed E-state index contributed by atoms with van der Waals surface area (Å²) in [5.41, 5.74) is 6.51. The van der Waals surface area contributed by atoms with Crippen molar-refractivity contribution in [3.63, 3.8) is 0 Å². The predicted molar refractivity (Wildman–Crippen MR) is 87.3 cm³/mol. The number of hydrogen-bond acceptors (Lipinski definition) is 5. The van der Waals surface area contributed by atoms with Gasteiger partial charge in [-0.1, -0.05) is 13.8 Å². The van der Waals surface area contributed by atoms with Crippen molar-refractivity contribution < 1.29 is 4.79 Å². The van der Waals surface area contributed by atoms with Crippen molar-refractivity contribution >= 4 is 53.6 Å². The first-order valence-corrected chi connectivity index (χ1v) is 6.42. The van der Waals surface area contributed by atoms with Gasteiger partial charge in [0.2, 0.25) is 0 Å². The highest BCUT2D eigenvalue weighted by Crippen LogP contribution is 2.19. The van der Waals surface area contributed by atoms with Gasteiger partial charge in [0.05, 0.1) is 16.9 Å². The number of hydrogen-bond donors (Lipinski definition) is 2. The van der Waals surface area contributed by atoms with E-state index in [4.69, 9.17) is 5.73 Å².